The van der Waals surface area contributed by atoms with Crippen LogP contribution in [0.4, 0.5) is 17.2 Å². The normalized spacial score (nSPS) is 12.3. The van der Waals surface area contributed by atoms with Crippen LogP contribution in [-0.4, -0.2) is 29.6 Å². The van der Waals surface area contributed by atoms with E-state index in [4.69, 9.17) is 0 Å². The predicted octanol–water partition coefficient (Wildman–Crippen LogP) is 2.42. The molecule has 30 heavy (non-hydrogen) atoms. The number of hydrogen-bond donors (Lipinski definition) is 2. The summed E-state index contributed by atoms with van der Waals surface area (Å²) in [6, 6.07) is 14.7. The van der Waals surface area contributed by atoms with Crippen LogP contribution in [0.1, 0.15) is 23.1 Å². The third-order valence-electron chi connectivity index (χ3n) is 5.47. The lowest BCUT2D eigenvalue weighted by Crippen LogP contribution is -2.44. The molecule has 0 atom stereocenters. The average Bonchev–Trinajstić information content (AvgIpc) is 2.72. The molecule has 1 aromatic heterocycles. The Morgan fingerprint density at radius 2 is 1.87 bits per heavy atom. The predicted molar refractivity (Wildman–Crippen MR) is 121 cm³/mol. The molecule has 1 aliphatic rings. The highest BCUT2D eigenvalue weighted by atomic mass is 16.1. The fraction of sp³-hybridized carbons (Fsp3) is 0.292. The Labute approximate surface area is 176 Å². The Hall–Kier alpha value is -3.25. The topological polar surface area (TPSA) is 73.4 Å². The van der Waals surface area contributed by atoms with Gasteiger partial charge in [0.25, 0.3) is 5.56 Å². The van der Waals surface area contributed by atoms with Crippen molar-refractivity contribution in [2.45, 2.75) is 26.7 Å². The second-order valence-electron chi connectivity index (χ2n) is 7.71. The van der Waals surface area contributed by atoms with Gasteiger partial charge in [-0.1, -0.05) is 36.9 Å². The number of benzene rings is 2. The molecule has 0 bridgehead atoms. The lowest BCUT2D eigenvalue weighted by molar-refractivity contribution is 0.646. The first kappa shape index (κ1) is 20.0. The minimum atomic E-state index is -0.255. The number of rotatable bonds is 7. The fourth-order valence-corrected chi connectivity index (χ4v) is 3.72. The SMILES string of the molecule is C=c1nc2c(c(=O)[nH]1)=Nc1cc(C)c(C)cc1N2CCNCCCc1ccccc1. The molecule has 1 aliphatic heterocycles. The van der Waals surface area contributed by atoms with E-state index in [1.54, 1.807) is 0 Å². The highest BCUT2D eigenvalue weighted by molar-refractivity contribution is 5.77. The average molecular weight is 402 g/mol. The van der Waals surface area contributed by atoms with Gasteiger partial charge in [0.05, 0.1) is 11.4 Å². The number of H-pyrrole nitrogens is 1. The Morgan fingerprint density at radius 3 is 2.67 bits per heavy atom. The molecule has 0 aliphatic carbocycles. The molecule has 2 heterocycles. The van der Waals surface area contributed by atoms with Gasteiger partial charge in [-0.3, -0.25) is 4.79 Å². The fourth-order valence-electron chi connectivity index (χ4n) is 3.72. The van der Waals surface area contributed by atoms with E-state index in [0.29, 0.717) is 23.2 Å². The second-order valence-corrected chi connectivity index (χ2v) is 7.71. The number of aryl methyl sites for hydroxylation is 3. The monoisotopic (exact) mass is 401 g/mol. The summed E-state index contributed by atoms with van der Waals surface area (Å²) in [5.41, 5.74) is 5.58. The van der Waals surface area contributed by atoms with Crippen LogP contribution in [0.5, 0.6) is 0 Å². The van der Waals surface area contributed by atoms with Crippen LogP contribution in [0, 0.1) is 13.8 Å². The van der Waals surface area contributed by atoms with Crippen LogP contribution in [-0.2, 0) is 6.42 Å². The summed E-state index contributed by atoms with van der Waals surface area (Å²) >= 11 is 0. The summed E-state index contributed by atoms with van der Waals surface area (Å²) in [6.07, 6.45) is 2.13. The highest BCUT2D eigenvalue weighted by Gasteiger charge is 2.23. The second kappa shape index (κ2) is 8.63. The highest BCUT2D eigenvalue weighted by Crippen LogP contribution is 2.36. The molecule has 0 saturated heterocycles. The molecule has 154 valence electrons. The van der Waals surface area contributed by atoms with E-state index in [1.165, 1.54) is 11.1 Å². The van der Waals surface area contributed by atoms with Crippen molar-refractivity contribution in [1.82, 2.24) is 15.3 Å². The van der Waals surface area contributed by atoms with Gasteiger partial charge in [0, 0.05) is 13.1 Å². The van der Waals surface area contributed by atoms with Crippen molar-refractivity contribution in [3.05, 3.63) is 80.3 Å². The maximum atomic E-state index is 12.5. The quantitative estimate of drug-likeness (QED) is 0.597. The van der Waals surface area contributed by atoms with E-state index in [9.17, 15) is 4.79 Å². The van der Waals surface area contributed by atoms with Gasteiger partial charge in [-0.2, -0.15) is 0 Å². The van der Waals surface area contributed by atoms with Crippen LogP contribution in [0.15, 0.2) is 52.3 Å². The van der Waals surface area contributed by atoms with Crippen molar-refractivity contribution < 1.29 is 0 Å². The van der Waals surface area contributed by atoms with Crippen molar-refractivity contribution >= 4 is 23.8 Å². The van der Waals surface area contributed by atoms with E-state index in [1.807, 2.05) is 12.1 Å². The van der Waals surface area contributed by atoms with Crippen LogP contribution in [0.2, 0.25) is 0 Å². The van der Waals surface area contributed by atoms with Gasteiger partial charge in [-0.15, -0.1) is 0 Å². The number of nitrogens with zero attached hydrogens (tertiary/aromatic N) is 3. The molecule has 6 nitrogen and oxygen atoms in total. The van der Waals surface area contributed by atoms with Gasteiger partial charge < -0.3 is 15.2 Å². The summed E-state index contributed by atoms with van der Waals surface area (Å²) in [4.78, 5) is 26.3. The summed E-state index contributed by atoms with van der Waals surface area (Å²) in [6.45, 7) is 10.4. The number of aromatic amines is 1. The molecule has 0 unspecified atom stereocenters. The first-order valence-electron chi connectivity index (χ1n) is 10.3. The molecule has 4 rings (SSSR count). The van der Waals surface area contributed by atoms with Crippen LogP contribution in [0.3, 0.4) is 0 Å². The maximum absolute atomic E-state index is 12.5. The van der Waals surface area contributed by atoms with Gasteiger partial charge in [0.15, 0.2) is 11.2 Å². The number of anilines is 2. The Kier molecular flexibility index (Phi) is 5.77. The molecular weight excluding hydrogens is 374 g/mol. The summed E-state index contributed by atoms with van der Waals surface area (Å²) in [5.74, 6) is 0.575. The number of fused-ring (bicyclic) bond motifs is 2. The number of aromatic nitrogens is 2. The van der Waals surface area contributed by atoms with E-state index >= 15 is 0 Å². The zero-order valence-corrected chi connectivity index (χ0v) is 17.5. The largest absolute Gasteiger partial charge is 0.321 e. The minimum absolute atomic E-state index is 0.255. The standard InChI is InChI=1S/C24H27N5O/c1-16-14-20-21(15-17(16)2)29(23-22(28-20)24(30)27-18(3)26-23)13-12-25-11-7-10-19-8-5-4-6-9-19/h4-6,8-9,14-15,25H,3,7,10-13H2,1-2H3,(H,27,30). The first-order valence-corrected chi connectivity index (χ1v) is 10.3. The first-order chi connectivity index (χ1) is 14.5. The molecular formula is C24H27N5O. The molecule has 6 heteroatoms. The van der Waals surface area contributed by atoms with Crippen molar-refractivity contribution in [2.24, 2.45) is 4.99 Å². The van der Waals surface area contributed by atoms with E-state index < -0.39 is 0 Å². The van der Waals surface area contributed by atoms with Crippen LogP contribution in [0.25, 0.3) is 6.58 Å². The van der Waals surface area contributed by atoms with Crippen LogP contribution >= 0.6 is 0 Å². The third-order valence-corrected chi connectivity index (χ3v) is 5.47. The van der Waals surface area contributed by atoms with Crippen molar-refractivity contribution in [1.29, 1.82) is 0 Å². The van der Waals surface area contributed by atoms with Gasteiger partial charge in [-0.25, -0.2) is 9.98 Å². The molecule has 0 fully saturated rings. The molecule has 2 N–H and O–H groups in total. The maximum Gasteiger partial charge on any atom is 0.279 e. The summed E-state index contributed by atoms with van der Waals surface area (Å²) < 4.78 is 0. The third kappa shape index (κ3) is 4.19. The molecule has 0 spiro atoms. The Balaban J connectivity index is 1.50. The van der Waals surface area contributed by atoms with Crippen LogP contribution < -0.4 is 26.6 Å². The zero-order chi connectivity index (χ0) is 21.1. The molecule has 0 saturated carbocycles. The van der Waals surface area contributed by atoms with Gasteiger partial charge in [0.2, 0.25) is 0 Å². The summed E-state index contributed by atoms with van der Waals surface area (Å²) in [7, 11) is 0. The Bertz CT molecular complexity index is 1220. The summed E-state index contributed by atoms with van der Waals surface area (Å²) in [5, 5.41) is 3.87. The number of hydrogen-bond acceptors (Lipinski definition) is 5. The zero-order valence-electron chi connectivity index (χ0n) is 17.5. The van der Waals surface area contributed by atoms with Crippen molar-refractivity contribution in [2.75, 3.05) is 24.5 Å². The lowest BCUT2D eigenvalue weighted by atomic mass is 10.1. The minimum Gasteiger partial charge on any atom is -0.321 e. The molecule has 0 amide bonds. The molecule has 3 aromatic rings. The van der Waals surface area contributed by atoms with Gasteiger partial charge in [-0.05, 0) is 62.1 Å². The number of nitrogens with one attached hydrogen (secondary N) is 2. The molecule has 0 radical (unpaired) electrons. The lowest BCUT2D eigenvalue weighted by Gasteiger charge is -2.28. The van der Waals surface area contributed by atoms with E-state index in [2.05, 4.69) is 75.9 Å². The van der Waals surface area contributed by atoms with Crippen molar-refractivity contribution in [3.8, 4) is 0 Å². The van der Waals surface area contributed by atoms with E-state index in [0.717, 1.165) is 42.9 Å². The molecule has 2 aromatic carbocycles. The van der Waals surface area contributed by atoms with E-state index in [-0.39, 0.29) is 5.56 Å². The Morgan fingerprint density at radius 1 is 1.10 bits per heavy atom. The van der Waals surface area contributed by atoms with Gasteiger partial charge >= 0.3 is 0 Å². The van der Waals surface area contributed by atoms with Gasteiger partial charge in [0.1, 0.15) is 5.48 Å². The van der Waals surface area contributed by atoms with Crippen molar-refractivity contribution in [3.63, 3.8) is 0 Å². The smallest absolute Gasteiger partial charge is 0.279 e.